The van der Waals surface area contributed by atoms with E-state index < -0.39 is 9.84 Å². The summed E-state index contributed by atoms with van der Waals surface area (Å²) in [5, 5.41) is 3.09. The van der Waals surface area contributed by atoms with Crippen LogP contribution in [0.25, 0.3) is 0 Å². The number of carbonyl (C=O) groups excluding carboxylic acids is 1. The smallest absolute Gasteiger partial charge is 0.229 e. The van der Waals surface area contributed by atoms with E-state index in [1.165, 1.54) is 6.20 Å². The molecule has 1 atom stereocenters. The summed E-state index contributed by atoms with van der Waals surface area (Å²) in [6.07, 6.45) is 2.64. The van der Waals surface area contributed by atoms with E-state index in [2.05, 4.69) is 15.3 Å². The Morgan fingerprint density at radius 3 is 2.58 bits per heavy atom. The van der Waals surface area contributed by atoms with Crippen LogP contribution in [-0.4, -0.2) is 50.2 Å². The summed E-state index contributed by atoms with van der Waals surface area (Å²) >= 11 is 0. The highest BCUT2D eigenvalue weighted by atomic mass is 32.2. The number of rotatable bonds is 5. The Morgan fingerprint density at radius 2 is 1.96 bits per heavy atom. The SMILES string of the molecule is COc1ccc(N2C[C@@H](Nc3nc(C)ncc3S(C)(=O)=O)CC2=O)cc1. The monoisotopic (exact) mass is 376 g/mol. The molecular formula is C17H20N4O4S. The van der Waals surface area contributed by atoms with Crippen molar-refractivity contribution in [3.05, 3.63) is 36.3 Å². The van der Waals surface area contributed by atoms with Gasteiger partial charge >= 0.3 is 0 Å². The summed E-state index contributed by atoms with van der Waals surface area (Å²) in [5.41, 5.74) is 0.766. The number of nitrogens with zero attached hydrogens (tertiary/aromatic N) is 3. The van der Waals surface area contributed by atoms with Crippen LogP contribution in [-0.2, 0) is 14.6 Å². The van der Waals surface area contributed by atoms with E-state index in [0.29, 0.717) is 18.1 Å². The van der Waals surface area contributed by atoms with E-state index in [1.54, 1.807) is 31.1 Å². The third-order valence-electron chi connectivity index (χ3n) is 4.13. The number of ether oxygens (including phenoxy) is 1. The quantitative estimate of drug-likeness (QED) is 0.842. The lowest BCUT2D eigenvalue weighted by molar-refractivity contribution is -0.117. The van der Waals surface area contributed by atoms with E-state index in [4.69, 9.17) is 4.74 Å². The highest BCUT2D eigenvalue weighted by Crippen LogP contribution is 2.27. The first-order valence-corrected chi connectivity index (χ1v) is 9.91. The summed E-state index contributed by atoms with van der Waals surface area (Å²) < 4.78 is 29.0. The van der Waals surface area contributed by atoms with Crippen LogP contribution in [0, 0.1) is 6.92 Å². The molecule has 1 fully saturated rings. The van der Waals surface area contributed by atoms with Crippen molar-refractivity contribution in [1.82, 2.24) is 9.97 Å². The largest absolute Gasteiger partial charge is 0.497 e. The summed E-state index contributed by atoms with van der Waals surface area (Å²) in [5.74, 6) is 1.36. The topological polar surface area (TPSA) is 101 Å². The van der Waals surface area contributed by atoms with Gasteiger partial charge in [0.1, 0.15) is 22.3 Å². The van der Waals surface area contributed by atoms with Crippen LogP contribution < -0.4 is 15.0 Å². The molecule has 2 heterocycles. The average Bonchev–Trinajstić information content (AvgIpc) is 2.94. The molecule has 0 bridgehead atoms. The predicted octanol–water partition coefficient (Wildman–Crippen LogP) is 1.41. The number of sulfone groups is 1. The minimum absolute atomic E-state index is 0.0263. The van der Waals surface area contributed by atoms with Gasteiger partial charge < -0.3 is 15.0 Å². The third kappa shape index (κ3) is 3.77. The number of aryl methyl sites for hydroxylation is 1. The van der Waals surface area contributed by atoms with Gasteiger partial charge in [0, 0.05) is 24.9 Å². The molecule has 3 rings (SSSR count). The van der Waals surface area contributed by atoms with E-state index >= 15 is 0 Å². The molecule has 1 saturated heterocycles. The van der Waals surface area contributed by atoms with Crippen molar-refractivity contribution >= 4 is 27.2 Å². The molecule has 9 heteroatoms. The molecule has 1 N–H and O–H groups in total. The molecule has 26 heavy (non-hydrogen) atoms. The van der Waals surface area contributed by atoms with Crippen LogP contribution >= 0.6 is 0 Å². The van der Waals surface area contributed by atoms with Gasteiger partial charge in [-0.2, -0.15) is 0 Å². The summed E-state index contributed by atoms with van der Waals surface area (Å²) in [4.78, 5) is 22.2. The van der Waals surface area contributed by atoms with Gasteiger partial charge in [0.2, 0.25) is 5.91 Å². The van der Waals surface area contributed by atoms with Crippen molar-refractivity contribution in [3.8, 4) is 5.75 Å². The molecule has 2 aromatic rings. The first-order valence-electron chi connectivity index (χ1n) is 8.02. The summed E-state index contributed by atoms with van der Waals surface area (Å²) in [7, 11) is -1.90. The average molecular weight is 376 g/mol. The second kappa shape index (κ2) is 6.91. The maximum absolute atomic E-state index is 12.4. The minimum atomic E-state index is -3.48. The molecule has 1 amide bonds. The normalized spacial score (nSPS) is 17.4. The first-order chi connectivity index (χ1) is 12.3. The molecule has 8 nitrogen and oxygen atoms in total. The fraction of sp³-hybridized carbons (Fsp3) is 0.353. The molecule has 0 radical (unpaired) electrons. The zero-order valence-corrected chi connectivity index (χ0v) is 15.6. The highest BCUT2D eigenvalue weighted by molar-refractivity contribution is 7.90. The number of anilines is 2. The Morgan fingerprint density at radius 1 is 1.27 bits per heavy atom. The predicted molar refractivity (Wildman–Crippen MR) is 97.3 cm³/mol. The van der Waals surface area contributed by atoms with Gasteiger partial charge in [-0.3, -0.25) is 4.79 Å². The standard InChI is InChI=1S/C17H20N4O4S/c1-11-18-9-15(26(3,23)24)17(19-11)20-12-8-16(22)21(10-12)13-4-6-14(25-2)7-5-13/h4-7,9,12H,8,10H2,1-3H3,(H,18,19,20)/t12-/m0/s1. The molecule has 0 spiro atoms. The lowest BCUT2D eigenvalue weighted by Crippen LogP contribution is -2.28. The zero-order valence-electron chi connectivity index (χ0n) is 14.8. The number of carbonyl (C=O) groups is 1. The van der Waals surface area contributed by atoms with Gasteiger partial charge in [-0.15, -0.1) is 0 Å². The molecular weight excluding hydrogens is 356 g/mol. The summed E-state index contributed by atoms with van der Waals surface area (Å²) in [6.45, 7) is 2.10. The number of amides is 1. The first kappa shape index (κ1) is 18.1. The van der Waals surface area contributed by atoms with Crippen molar-refractivity contribution in [2.75, 3.05) is 30.1 Å². The van der Waals surface area contributed by atoms with Crippen molar-refractivity contribution in [1.29, 1.82) is 0 Å². The van der Waals surface area contributed by atoms with Crippen LogP contribution in [0.4, 0.5) is 11.5 Å². The molecule has 1 aromatic carbocycles. The third-order valence-corrected chi connectivity index (χ3v) is 5.22. The van der Waals surface area contributed by atoms with Gasteiger partial charge in [-0.05, 0) is 31.2 Å². The van der Waals surface area contributed by atoms with E-state index in [9.17, 15) is 13.2 Å². The van der Waals surface area contributed by atoms with Crippen LogP contribution in [0.3, 0.4) is 0 Å². The lowest BCUT2D eigenvalue weighted by Gasteiger charge is -2.18. The fourth-order valence-corrected chi connectivity index (χ4v) is 3.54. The van der Waals surface area contributed by atoms with Gasteiger partial charge in [0.05, 0.1) is 19.3 Å². The summed E-state index contributed by atoms with van der Waals surface area (Å²) in [6, 6.07) is 6.96. The molecule has 138 valence electrons. The molecule has 1 aliphatic rings. The lowest BCUT2D eigenvalue weighted by atomic mass is 10.2. The number of aromatic nitrogens is 2. The molecule has 0 aliphatic carbocycles. The van der Waals surface area contributed by atoms with E-state index in [-0.39, 0.29) is 29.1 Å². The Labute approximate surface area is 152 Å². The number of nitrogens with one attached hydrogen (secondary N) is 1. The molecule has 1 aromatic heterocycles. The van der Waals surface area contributed by atoms with Crippen LogP contribution in [0.2, 0.25) is 0 Å². The second-order valence-corrected chi connectivity index (χ2v) is 8.13. The highest BCUT2D eigenvalue weighted by Gasteiger charge is 2.32. The van der Waals surface area contributed by atoms with Gasteiger partial charge in [-0.25, -0.2) is 18.4 Å². The van der Waals surface area contributed by atoms with Crippen molar-refractivity contribution < 1.29 is 17.9 Å². The molecule has 1 aliphatic heterocycles. The zero-order chi connectivity index (χ0) is 18.9. The van der Waals surface area contributed by atoms with Crippen molar-refractivity contribution in [3.63, 3.8) is 0 Å². The van der Waals surface area contributed by atoms with Crippen LogP contribution in [0.15, 0.2) is 35.4 Å². The maximum Gasteiger partial charge on any atom is 0.229 e. The number of hydrogen-bond donors (Lipinski definition) is 1. The minimum Gasteiger partial charge on any atom is -0.497 e. The van der Waals surface area contributed by atoms with Gasteiger partial charge in [0.25, 0.3) is 0 Å². The maximum atomic E-state index is 12.4. The Kier molecular flexibility index (Phi) is 4.82. The van der Waals surface area contributed by atoms with Gasteiger partial charge in [-0.1, -0.05) is 0 Å². The Balaban J connectivity index is 1.80. The van der Waals surface area contributed by atoms with Crippen LogP contribution in [0.5, 0.6) is 5.75 Å². The molecule has 0 saturated carbocycles. The Bertz CT molecular complexity index is 928. The van der Waals surface area contributed by atoms with Crippen molar-refractivity contribution in [2.45, 2.75) is 24.3 Å². The van der Waals surface area contributed by atoms with Crippen molar-refractivity contribution in [2.24, 2.45) is 0 Å². The van der Waals surface area contributed by atoms with E-state index in [0.717, 1.165) is 11.9 Å². The number of benzene rings is 1. The van der Waals surface area contributed by atoms with Gasteiger partial charge in [0.15, 0.2) is 9.84 Å². The second-order valence-electron chi connectivity index (χ2n) is 6.15. The fourth-order valence-electron chi connectivity index (χ4n) is 2.84. The van der Waals surface area contributed by atoms with Crippen LogP contribution in [0.1, 0.15) is 12.2 Å². The number of hydrogen-bond acceptors (Lipinski definition) is 7. The molecule has 0 unspecified atom stereocenters. The van der Waals surface area contributed by atoms with E-state index in [1.807, 2.05) is 12.1 Å². The Hall–Kier alpha value is -2.68. The number of methoxy groups -OCH3 is 1.